The molecule has 0 aromatic heterocycles. The molecule has 84 valence electrons. The van der Waals surface area contributed by atoms with E-state index in [0.29, 0.717) is 0 Å². The van der Waals surface area contributed by atoms with Gasteiger partial charge in [0.1, 0.15) is 0 Å². The van der Waals surface area contributed by atoms with Crippen LogP contribution in [0.15, 0.2) is 35.5 Å². The fourth-order valence-electron chi connectivity index (χ4n) is 1.74. The van der Waals surface area contributed by atoms with Crippen LogP contribution in [0.4, 0.5) is 0 Å². The fraction of sp³-hybridized carbons (Fsp3) is 0.500. The summed E-state index contributed by atoms with van der Waals surface area (Å²) >= 11 is 0. The molecule has 1 rings (SSSR count). The molecular formula is C14H23N. The van der Waals surface area contributed by atoms with Crippen LogP contribution >= 0.6 is 0 Å². The van der Waals surface area contributed by atoms with Crippen LogP contribution in [0.1, 0.15) is 41.0 Å². The van der Waals surface area contributed by atoms with E-state index in [4.69, 9.17) is 5.41 Å². The van der Waals surface area contributed by atoms with Gasteiger partial charge < -0.3 is 5.41 Å². The third-order valence-electron chi connectivity index (χ3n) is 2.88. The van der Waals surface area contributed by atoms with Crippen LogP contribution in [0.5, 0.6) is 0 Å². The lowest BCUT2D eigenvalue weighted by Gasteiger charge is -2.31. The molecule has 0 fully saturated rings. The zero-order valence-corrected chi connectivity index (χ0v) is 10.6. The van der Waals surface area contributed by atoms with Crippen LogP contribution in [-0.4, -0.2) is 6.21 Å². The first-order chi connectivity index (χ1) is 7.03. The highest BCUT2D eigenvalue weighted by molar-refractivity contribution is 5.71. The van der Waals surface area contributed by atoms with E-state index in [-0.39, 0.29) is 5.41 Å². The van der Waals surface area contributed by atoms with Gasteiger partial charge in [-0.1, -0.05) is 50.6 Å². The van der Waals surface area contributed by atoms with E-state index in [1.807, 2.05) is 19.9 Å². The van der Waals surface area contributed by atoms with Gasteiger partial charge in [0, 0.05) is 11.6 Å². The Labute approximate surface area is 94.1 Å². The van der Waals surface area contributed by atoms with Gasteiger partial charge in [-0.3, -0.25) is 0 Å². The maximum absolute atomic E-state index is 7.45. The minimum Gasteiger partial charge on any atom is -0.312 e. The molecule has 0 aliphatic heterocycles. The second kappa shape index (κ2) is 5.69. The van der Waals surface area contributed by atoms with Crippen molar-refractivity contribution < 1.29 is 0 Å². The minimum absolute atomic E-state index is 0.134. The normalized spacial score (nSPS) is 25.0. The third-order valence-corrected chi connectivity index (χ3v) is 2.88. The Balaban J connectivity index is 0.000000921. The molecular weight excluding hydrogens is 182 g/mol. The van der Waals surface area contributed by atoms with Crippen molar-refractivity contribution in [3.63, 3.8) is 0 Å². The van der Waals surface area contributed by atoms with E-state index in [0.717, 1.165) is 12.0 Å². The molecule has 0 aromatic carbocycles. The quantitative estimate of drug-likeness (QED) is 0.641. The topological polar surface area (TPSA) is 23.9 Å². The molecule has 1 aliphatic rings. The number of nitrogens with one attached hydrogen (secondary N) is 1. The van der Waals surface area contributed by atoms with Crippen molar-refractivity contribution in [2.24, 2.45) is 5.41 Å². The predicted octanol–water partition coefficient (Wildman–Crippen LogP) is 4.52. The van der Waals surface area contributed by atoms with Crippen LogP contribution in [-0.2, 0) is 0 Å². The van der Waals surface area contributed by atoms with Crippen molar-refractivity contribution >= 4 is 6.21 Å². The van der Waals surface area contributed by atoms with E-state index < -0.39 is 0 Å². The smallest absolute Gasteiger partial charge is 0.0308 e. The zero-order valence-electron chi connectivity index (χ0n) is 10.6. The SMILES string of the molecule is C=CC1=CC(C)=C(C)CC1(C)C=N.CC. The lowest BCUT2D eigenvalue weighted by Crippen LogP contribution is -2.23. The van der Waals surface area contributed by atoms with E-state index in [9.17, 15) is 0 Å². The molecule has 15 heavy (non-hydrogen) atoms. The molecule has 0 amide bonds. The second-order valence-corrected chi connectivity index (χ2v) is 4.01. The van der Waals surface area contributed by atoms with Crippen LogP contribution in [0, 0.1) is 10.8 Å². The van der Waals surface area contributed by atoms with Crippen molar-refractivity contribution in [2.45, 2.75) is 41.0 Å². The molecule has 1 N–H and O–H groups in total. The molecule has 0 saturated carbocycles. The van der Waals surface area contributed by atoms with E-state index in [1.165, 1.54) is 17.4 Å². The zero-order chi connectivity index (χ0) is 12.1. The lowest BCUT2D eigenvalue weighted by atomic mass is 9.73. The van der Waals surface area contributed by atoms with Crippen molar-refractivity contribution in [3.05, 3.63) is 35.5 Å². The summed E-state index contributed by atoms with van der Waals surface area (Å²) in [5.41, 5.74) is 3.71. The summed E-state index contributed by atoms with van der Waals surface area (Å²) in [7, 11) is 0. The summed E-state index contributed by atoms with van der Waals surface area (Å²) in [6.07, 6.45) is 6.47. The van der Waals surface area contributed by atoms with Crippen molar-refractivity contribution in [1.82, 2.24) is 0 Å². The average molecular weight is 205 g/mol. The first-order valence-corrected chi connectivity index (χ1v) is 5.56. The molecule has 1 atom stereocenters. The molecule has 0 radical (unpaired) electrons. The summed E-state index contributed by atoms with van der Waals surface area (Å²) in [4.78, 5) is 0. The Morgan fingerprint density at radius 3 is 2.33 bits per heavy atom. The summed E-state index contributed by atoms with van der Waals surface area (Å²) in [6.45, 7) is 14.1. The summed E-state index contributed by atoms with van der Waals surface area (Å²) in [6, 6.07) is 0. The molecule has 1 nitrogen and oxygen atoms in total. The van der Waals surface area contributed by atoms with Gasteiger partial charge in [-0.05, 0) is 25.8 Å². The van der Waals surface area contributed by atoms with Crippen molar-refractivity contribution in [2.75, 3.05) is 0 Å². The minimum atomic E-state index is -0.134. The Kier molecular flexibility index (Phi) is 5.27. The van der Waals surface area contributed by atoms with Crippen molar-refractivity contribution in [1.29, 1.82) is 5.41 Å². The van der Waals surface area contributed by atoms with Crippen LogP contribution in [0.3, 0.4) is 0 Å². The third kappa shape index (κ3) is 2.92. The Morgan fingerprint density at radius 2 is 1.93 bits per heavy atom. The molecule has 1 aliphatic carbocycles. The highest BCUT2D eigenvalue weighted by atomic mass is 14.4. The Bertz CT molecular complexity index is 307. The molecule has 0 bridgehead atoms. The maximum atomic E-state index is 7.45. The van der Waals surface area contributed by atoms with Crippen LogP contribution in [0.2, 0.25) is 0 Å². The molecule has 1 heteroatoms. The Hall–Kier alpha value is -1.11. The fourth-order valence-corrected chi connectivity index (χ4v) is 1.74. The molecule has 0 saturated heterocycles. The van der Waals surface area contributed by atoms with E-state index in [2.05, 4.69) is 33.4 Å². The molecule has 0 aromatic rings. The van der Waals surface area contributed by atoms with Gasteiger partial charge in [-0.15, -0.1) is 0 Å². The van der Waals surface area contributed by atoms with Crippen LogP contribution in [0.25, 0.3) is 0 Å². The highest BCUT2D eigenvalue weighted by Gasteiger charge is 2.28. The number of rotatable bonds is 2. The molecule has 0 heterocycles. The van der Waals surface area contributed by atoms with E-state index >= 15 is 0 Å². The van der Waals surface area contributed by atoms with Gasteiger partial charge >= 0.3 is 0 Å². The Morgan fingerprint density at radius 1 is 1.40 bits per heavy atom. The maximum Gasteiger partial charge on any atom is 0.0308 e. The summed E-state index contributed by atoms with van der Waals surface area (Å²) < 4.78 is 0. The standard InChI is InChI=1S/C12H17N.C2H6/c1-5-11-6-9(2)10(3)7-12(11,4)8-13;1-2/h5-6,8,13H,1,7H2,2-4H3;1-2H3. The first-order valence-electron chi connectivity index (χ1n) is 5.56. The molecule has 1 unspecified atom stereocenters. The monoisotopic (exact) mass is 205 g/mol. The first kappa shape index (κ1) is 13.9. The van der Waals surface area contributed by atoms with Gasteiger partial charge in [-0.25, -0.2) is 0 Å². The largest absolute Gasteiger partial charge is 0.312 e. The van der Waals surface area contributed by atoms with Gasteiger partial charge in [0.25, 0.3) is 0 Å². The summed E-state index contributed by atoms with van der Waals surface area (Å²) in [5, 5.41) is 7.45. The second-order valence-electron chi connectivity index (χ2n) is 4.01. The lowest BCUT2D eigenvalue weighted by molar-refractivity contribution is 0.561. The number of allylic oxidation sites excluding steroid dienone is 5. The van der Waals surface area contributed by atoms with Gasteiger partial charge in [0.2, 0.25) is 0 Å². The van der Waals surface area contributed by atoms with Crippen LogP contribution < -0.4 is 0 Å². The summed E-state index contributed by atoms with van der Waals surface area (Å²) in [5.74, 6) is 0. The highest BCUT2D eigenvalue weighted by Crippen LogP contribution is 2.38. The number of hydrogen-bond donors (Lipinski definition) is 1. The molecule has 0 spiro atoms. The van der Waals surface area contributed by atoms with Crippen molar-refractivity contribution in [3.8, 4) is 0 Å². The van der Waals surface area contributed by atoms with E-state index in [1.54, 1.807) is 0 Å². The predicted molar refractivity (Wildman–Crippen MR) is 69.5 cm³/mol. The average Bonchev–Trinajstić information content (AvgIpc) is 2.26. The van der Waals surface area contributed by atoms with Gasteiger partial charge in [0.15, 0.2) is 0 Å². The van der Waals surface area contributed by atoms with Gasteiger partial charge in [0.05, 0.1) is 0 Å². The number of hydrogen-bond acceptors (Lipinski definition) is 1. The van der Waals surface area contributed by atoms with Gasteiger partial charge in [-0.2, -0.15) is 0 Å².